The van der Waals surface area contributed by atoms with Crippen LogP contribution in [0.4, 0.5) is 0 Å². The first-order chi connectivity index (χ1) is 8.56. The van der Waals surface area contributed by atoms with E-state index in [4.69, 9.17) is 11.6 Å². The Kier molecular flexibility index (Phi) is 3.72. The Labute approximate surface area is 109 Å². The van der Waals surface area contributed by atoms with E-state index in [-0.39, 0.29) is 29.2 Å². The first-order valence-corrected chi connectivity index (χ1v) is 6.00. The molecule has 2 rings (SSSR count). The van der Waals surface area contributed by atoms with Gasteiger partial charge < -0.3 is 15.7 Å². The lowest BCUT2D eigenvalue weighted by molar-refractivity contribution is -0.119. The molecule has 6 heteroatoms. The summed E-state index contributed by atoms with van der Waals surface area (Å²) < 4.78 is 0. The highest BCUT2D eigenvalue weighted by Gasteiger charge is 2.21. The van der Waals surface area contributed by atoms with Gasteiger partial charge in [-0.25, -0.2) is 0 Å². The first kappa shape index (κ1) is 12.7. The van der Waals surface area contributed by atoms with Crippen LogP contribution in [0.2, 0.25) is 5.02 Å². The molecular formula is C12H13ClN2O3. The number of hydrogen-bond acceptors (Lipinski definition) is 3. The van der Waals surface area contributed by atoms with E-state index in [0.29, 0.717) is 24.4 Å². The monoisotopic (exact) mass is 268 g/mol. The number of rotatable bonds is 3. The second kappa shape index (κ2) is 5.27. The molecule has 0 radical (unpaired) electrons. The third kappa shape index (κ3) is 2.92. The summed E-state index contributed by atoms with van der Waals surface area (Å²) in [5.74, 6) is -0.538. The van der Waals surface area contributed by atoms with Gasteiger partial charge >= 0.3 is 0 Å². The van der Waals surface area contributed by atoms with Crippen molar-refractivity contribution in [2.75, 3.05) is 6.54 Å². The summed E-state index contributed by atoms with van der Waals surface area (Å²) in [5, 5.41) is 15.4. The van der Waals surface area contributed by atoms with Crippen LogP contribution < -0.4 is 10.6 Å². The Balaban J connectivity index is 1.93. The molecule has 1 aliphatic heterocycles. The fourth-order valence-electron chi connectivity index (χ4n) is 1.84. The second-order valence-electron chi connectivity index (χ2n) is 4.17. The van der Waals surface area contributed by atoms with Gasteiger partial charge in [0.2, 0.25) is 5.91 Å². The molecule has 3 N–H and O–H groups in total. The molecule has 0 aliphatic carbocycles. The van der Waals surface area contributed by atoms with Crippen LogP contribution in [-0.2, 0) is 4.79 Å². The largest absolute Gasteiger partial charge is 0.507 e. The SMILES string of the molecule is O=C1CCC(CNC(=O)c2ccc(Cl)cc2O)N1. The third-order valence-electron chi connectivity index (χ3n) is 2.80. The fraction of sp³-hybridized carbons (Fsp3) is 0.333. The van der Waals surface area contributed by atoms with Crippen LogP contribution in [0.1, 0.15) is 23.2 Å². The van der Waals surface area contributed by atoms with Crippen molar-refractivity contribution >= 4 is 23.4 Å². The van der Waals surface area contributed by atoms with Crippen molar-refractivity contribution in [3.63, 3.8) is 0 Å². The van der Waals surface area contributed by atoms with Crippen molar-refractivity contribution in [3.05, 3.63) is 28.8 Å². The van der Waals surface area contributed by atoms with Crippen LogP contribution in [0.3, 0.4) is 0 Å². The van der Waals surface area contributed by atoms with Crippen LogP contribution in [0.5, 0.6) is 5.75 Å². The number of amides is 2. The molecule has 1 aromatic carbocycles. The standard InChI is InChI=1S/C12H13ClN2O3/c13-7-1-3-9(10(16)5-7)12(18)14-6-8-2-4-11(17)15-8/h1,3,5,8,16H,2,4,6H2,(H,14,18)(H,15,17). The van der Waals surface area contributed by atoms with Gasteiger partial charge in [-0.05, 0) is 24.6 Å². The minimum atomic E-state index is -0.384. The van der Waals surface area contributed by atoms with Crippen molar-refractivity contribution in [1.82, 2.24) is 10.6 Å². The van der Waals surface area contributed by atoms with Gasteiger partial charge in [0.15, 0.2) is 0 Å². The van der Waals surface area contributed by atoms with Crippen molar-refractivity contribution in [2.24, 2.45) is 0 Å². The van der Waals surface area contributed by atoms with E-state index in [1.165, 1.54) is 18.2 Å². The Hall–Kier alpha value is -1.75. The highest BCUT2D eigenvalue weighted by Crippen LogP contribution is 2.21. The fourth-order valence-corrected chi connectivity index (χ4v) is 2.00. The summed E-state index contributed by atoms with van der Waals surface area (Å²) >= 11 is 5.68. The summed E-state index contributed by atoms with van der Waals surface area (Å²) in [5.41, 5.74) is 0.170. The molecule has 0 spiro atoms. The molecule has 0 saturated carbocycles. The van der Waals surface area contributed by atoms with Crippen LogP contribution in [0, 0.1) is 0 Å². The predicted octanol–water partition coefficient (Wildman–Crippen LogP) is 1.05. The van der Waals surface area contributed by atoms with Gasteiger partial charge in [0.1, 0.15) is 5.75 Å². The molecule has 0 aromatic heterocycles. The van der Waals surface area contributed by atoms with Gasteiger partial charge in [0, 0.05) is 24.0 Å². The lowest BCUT2D eigenvalue weighted by Gasteiger charge is -2.12. The van der Waals surface area contributed by atoms with Crippen molar-refractivity contribution in [3.8, 4) is 5.75 Å². The minimum Gasteiger partial charge on any atom is -0.507 e. The van der Waals surface area contributed by atoms with Gasteiger partial charge in [-0.3, -0.25) is 9.59 Å². The number of carbonyl (C=O) groups excluding carboxylic acids is 2. The van der Waals surface area contributed by atoms with Crippen molar-refractivity contribution < 1.29 is 14.7 Å². The molecule has 5 nitrogen and oxygen atoms in total. The average Bonchev–Trinajstić information content (AvgIpc) is 2.72. The van der Waals surface area contributed by atoms with Gasteiger partial charge in [-0.1, -0.05) is 11.6 Å². The van der Waals surface area contributed by atoms with Crippen LogP contribution in [0.25, 0.3) is 0 Å². The number of halogens is 1. The molecule has 2 amide bonds. The number of hydrogen-bond donors (Lipinski definition) is 3. The second-order valence-corrected chi connectivity index (χ2v) is 4.61. The van der Waals surface area contributed by atoms with Gasteiger partial charge in [-0.15, -0.1) is 0 Å². The summed E-state index contributed by atoms with van der Waals surface area (Å²) in [7, 11) is 0. The Morgan fingerprint density at radius 2 is 2.33 bits per heavy atom. The molecule has 1 aliphatic rings. The van der Waals surface area contributed by atoms with Crippen LogP contribution in [-0.4, -0.2) is 29.5 Å². The van der Waals surface area contributed by atoms with Crippen molar-refractivity contribution in [1.29, 1.82) is 0 Å². The molecule has 1 saturated heterocycles. The van der Waals surface area contributed by atoms with Gasteiger partial charge in [0.25, 0.3) is 5.91 Å². The van der Waals surface area contributed by atoms with E-state index < -0.39 is 0 Å². The van der Waals surface area contributed by atoms with E-state index in [9.17, 15) is 14.7 Å². The number of benzene rings is 1. The number of carbonyl (C=O) groups is 2. The van der Waals surface area contributed by atoms with Crippen LogP contribution >= 0.6 is 11.6 Å². The maximum absolute atomic E-state index is 11.8. The first-order valence-electron chi connectivity index (χ1n) is 5.62. The predicted molar refractivity (Wildman–Crippen MR) is 66.6 cm³/mol. The minimum absolute atomic E-state index is 0.00332. The highest BCUT2D eigenvalue weighted by molar-refractivity contribution is 6.30. The highest BCUT2D eigenvalue weighted by atomic mass is 35.5. The molecule has 1 atom stereocenters. The normalized spacial score (nSPS) is 18.5. The number of phenolic OH excluding ortho intramolecular Hbond substituents is 1. The summed E-state index contributed by atoms with van der Waals surface area (Å²) in [6.07, 6.45) is 1.21. The number of nitrogens with one attached hydrogen (secondary N) is 2. The summed E-state index contributed by atoms with van der Waals surface area (Å²) in [6, 6.07) is 4.28. The molecule has 0 bridgehead atoms. The Morgan fingerprint density at radius 1 is 1.56 bits per heavy atom. The lowest BCUT2D eigenvalue weighted by Crippen LogP contribution is -2.38. The molecule has 96 valence electrons. The smallest absolute Gasteiger partial charge is 0.255 e. The lowest BCUT2D eigenvalue weighted by atomic mass is 10.1. The molecular weight excluding hydrogens is 256 g/mol. The zero-order chi connectivity index (χ0) is 13.1. The van der Waals surface area contributed by atoms with E-state index >= 15 is 0 Å². The van der Waals surface area contributed by atoms with Gasteiger partial charge in [0.05, 0.1) is 5.56 Å². The van der Waals surface area contributed by atoms with E-state index in [1.807, 2.05) is 0 Å². The van der Waals surface area contributed by atoms with Crippen molar-refractivity contribution in [2.45, 2.75) is 18.9 Å². The average molecular weight is 269 g/mol. The molecule has 1 unspecified atom stereocenters. The van der Waals surface area contributed by atoms with E-state index in [0.717, 1.165) is 0 Å². The molecule has 1 heterocycles. The zero-order valence-corrected chi connectivity index (χ0v) is 10.3. The van der Waals surface area contributed by atoms with Crippen LogP contribution in [0.15, 0.2) is 18.2 Å². The summed E-state index contributed by atoms with van der Waals surface area (Å²) in [6.45, 7) is 0.354. The number of aromatic hydroxyl groups is 1. The topological polar surface area (TPSA) is 78.4 Å². The summed E-state index contributed by atoms with van der Waals surface area (Å²) in [4.78, 5) is 22.8. The molecule has 1 aromatic rings. The third-order valence-corrected chi connectivity index (χ3v) is 3.03. The van der Waals surface area contributed by atoms with Gasteiger partial charge in [-0.2, -0.15) is 0 Å². The maximum atomic E-state index is 11.8. The Bertz CT molecular complexity index is 490. The Morgan fingerprint density at radius 3 is 2.94 bits per heavy atom. The molecule has 1 fully saturated rings. The number of phenols is 1. The quantitative estimate of drug-likeness (QED) is 0.767. The molecule has 18 heavy (non-hydrogen) atoms. The zero-order valence-electron chi connectivity index (χ0n) is 9.57. The van der Waals surface area contributed by atoms with E-state index in [2.05, 4.69) is 10.6 Å². The van der Waals surface area contributed by atoms with E-state index in [1.54, 1.807) is 0 Å². The maximum Gasteiger partial charge on any atom is 0.255 e.